The lowest BCUT2D eigenvalue weighted by atomic mass is 9.94. The molecule has 1 fully saturated rings. The Balaban J connectivity index is 1.25. The highest BCUT2D eigenvalue weighted by Crippen LogP contribution is 2.46. The first-order valence-electron chi connectivity index (χ1n) is 17.7. The lowest BCUT2D eigenvalue weighted by Gasteiger charge is -2.21. The van der Waals surface area contributed by atoms with Crippen LogP contribution in [-0.2, 0) is 30.5 Å². The molecule has 14 heteroatoms. The summed E-state index contributed by atoms with van der Waals surface area (Å²) in [6.45, 7) is 4.07. The Bertz CT molecular complexity index is 1940. The number of hydrogen-bond donors (Lipinski definition) is 4. The first kappa shape index (κ1) is 38.3. The van der Waals surface area contributed by atoms with Gasteiger partial charge in [0.05, 0.1) is 31.0 Å². The first-order valence-corrected chi connectivity index (χ1v) is 18.1. The number of nitrogens with one attached hydrogen (secondary N) is 4. The minimum Gasteiger partial charge on any atom is -0.481 e. The number of ether oxygens (including phenoxy) is 3. The molecule has 0 saturated carbocycles. The van der Waals surface area contributed by atoms with Gasteiger partial charge in [-0.3, -0.25) is 4.79 Å². The molecule has 2 aromatic carbocycles. The Morgan fingerprint density at radius 2 is 1.70 bits per heavy atom. The maximum Gasteiger partial charge on any atom is 0.421 e. The van der Waals surface area contributed by atoms with E-state index in [1.807, 2.05) is 48.5 Å². The van der Waals surface area contributed by atoms with Crippen molar-refractivity contribution in [3.05, 3.63) is 87.4 Å². The predicted octanol–water partition coefficient (Wildman–Crippen LogP) is 6.63. The van der Waals surface area contributed by atoms with Crippen molar-refractivity contribution in [3.8, 4) is 40.0 Å². The number of amides is 1. The van der Waals surface area contributed by atoms with Crippen molar-refractivity contribution in [2.45, 2.75) is 70.1 Å². The van der Waals surface area contributed by atoms with Gasteiger partial charge in [-0.25, -0.2) is 4.98 Å². The van der Waals surface area contributed by atoms with Crippen LogP contribution in [0.1, 0.15) is 60.1 Å². The molecule has 3 atom stereocenters. The van der Waals surface area contributed by atoms with Crippen molar-refractivity contribution in [2.24, 2.45) is 0 Å². The highest BCUT2D eigenvalue weighted by molar-refractivity contribution is 6.36. The summed E-state index contributed by atoms with van der Waals surface area (Å²) < 4.78 is 60.4. The van der Waals surface area contributed by atoms with Crippen molar-refractivity contribution in [1.82, 2.24) is 31.2 Å². The molecule has 0 bridgehead atoms. The summed E-state index contributed by atoms with van der Waals surface area (Å²) in [5.41, 5.74) is 4.77. The molecule has 2 aromatic heterocycles. The van der Waals surface area contributed by atoms with E-state index in [1.165, 1.54) is 20.6 Å². The van der Waals surface area contributed by atoms with E-state index in [9.17, 15) is 18.0 Å². The lowest BCUT2D eigenvalue weighted by molar-refractivity contribution is -0.139. The largest absolute Gasteiger partial charge is 0.481 e. The summed E-state index contributed by atoms with van der Waals surface area (Å²) >= 11 is 7.12. The molecular weight excluding hydrogens is 709 g/mol. The van der Waals surface area contributed by atoms with Gasteiger partial charge in [0.2, 0.25) is 23.5 Å². The van der Waals surface area contributed by atoms with E-state index in [1.54, 1.807) is 14.0 Å². The summed E-state index contributed by atoms with van der Waals surface area (Å²) in [5.74, 6) is -0.393. The lowest BCUT2D eigenvalue weighted by Crippen LogP contribution is -2.40. The number of nitrogens with zero attached hydrogens (tertiary/aromatic N) is 2. The summed E-state index contributed by atoms with van der Waals surface area (Å²) in [7, 11) is 4.41. The van der Waals surface area contributed by atoms with Crippen LogP contribution in [0.3, 0.4) is 0 Å². The van der Waals surface area contributed by atoms with Crippen LogP contribution >= 0.6 is 11.6 Å². The minimum absolute atomic E-state index is 0.0314. The molecule has 6 rings (SSSR count). The maximum absolute atomic E-state index is 14.4. The Morgan fingerprint density at radius 3 is 2.42 bits per heavy atom. The van der Waals surface area contributed by atoms with Gasteiger partial charge in [-0.15, -0.1) is 0 Å². The van der Waals surface area contributed by atoms with Gasteiger partial charge in [0.25, 0.3) is 0 Å². The Kier molecular flexibility index (Phi) is 12.1. The van der Waals surface area contributed by atoms with Crippen LogP contribution in [-0.4, -0.2) is 62.3 Å². The molecule has 1 aliphatic heterocycles. The van der Waals surface area contributed by atoms with Gasteiger partial charge >= 0.3 is 6.18 Å². The summed E-state index contributed by atoms with van der Waals surface area (Å²) in [4.78, 5) is 20.9. The molecule has 2 aliphatic rings. The smallest absolute Gasteiger partial charge is 0.421 e. The Labute approximate surface area is 312 Å². The SMILES string of the molecule is CNC(=O)[C@H](C)NCc1cc(C(F)(F)F)c(O[C@H]2CCc3c(-c4cccc(-c5ccc(CNC[C@@H]6CCCN6)c(OC)n5)c4Cl)cccc32)nc1OC. The molecule has 0 radical (unpaired) electrons. The van der Waals surface area contributed by atoms with E-state index in [0.717, 1.165) is 59.0 Å². The second-order valence-corrected chi connectivity index (χ2v) is 13.6. The van der Waals surface area contributed by atoms with Crippen LogP contribution in [0, 0.1) is 0 Å². The molecule has 4 N–H and O–H groups in total. The fraction of sp³-hybridized carbons (Fsp3) is 0.410. The predicted molar refractivity (Wildman–Crippen MR) is 197 cm³/mol. The molecule has 53 heavy (non-hydrogen) atoms. The third-order valence-corrected chi connectivity index (χ3v) is 10.2. The topological polar surface area (TPSA) is 119 Å². The number of halogens is 4. The van der Waals surface area contributed by atoms with E-state index in [4.69, 9.17) is 30.8 Å². The highest BCUT2D eigenvalue weighted by atomic mass is 35.5. The van der Waals surface area contributed by atoms with E-state index in [-0.39, 0.29) is 23.9 Å². The van der Waals surface area contributed by atoms with Gasteiger partial charge in [-0.2, -0.15) is 18.2 Å². The Hall–Kier alpha value is -4.43. The molecule has 1 saturated heterocycles. The fourth-order valence-corrected chi connectivity index (χ4v) is 7.32. The number of benzene rings is 2. The molecule has 1 amide bonds. The third-order valence-electron chi connectivity index (χ3n) is 9.80. The van der Waals surface area contributed by atoms with E-state index in [2.05, 4.69) is 26.3 Å². The fourth-order valence-electron chi connectivity index (χ4n) is 7.00. The average Bonchev–Trinajstić information content (AvgIpc) is 3.83. The van der Waals surface area contributed by atoms with E-state index < -0.39 is 29.8 Å². The number of alkyl halides is 3. The average molecular weight is 753 g/mol. The van der Waals surface area contributed by atoms with Gasteiger partial charge in [-0.05, 0) is 68.0 Å². The van der Waals surface area contributed by atoms with Gasteiger partial charge in [0.15, 0.2) is 0 Å². The van der Waals surface area contributed by atoms with Crippen LogP contribution in [0.25, 0.3) is 22.4 Å². The van der Waals surface area contributed by atoms with Crippen molar-refractivity contribution >= 4 is 17.5 Å². The number of hydrogen-bond acceptors (Lipinski definition) is 9. The first-order chi connectivity index (χ1) is 25.5. The number of pyridine rings is 2. The highest BCUT2D eigenvalue weighted by Gasteiger charge is 2.39. The normalized spacial score (nSPS) is 17.4. The standard InChI is InChI=1S/C39H44ClF3N6O4/c1-22(35(50)44-2)47-20-24-18-31(39(41,42)43)38(49-37(24)52-4)53-33-16-14-27-26(9-5-10-28(27)33)29-11-6-12-30(34(29)40)32-15-13-23(36(48-32)51-3)19-45-21-25-8-7-17-46-25/h5-6,9-13,15,18,22,25,33,45-47H,7-8,14,16-17,19-21H2,1-4H3,(H,44,50)/t22-,25-,33-/m0/s1. The molecular formula is C39H44ClF3N6O4. The van der Waals surface area contributed by atoms with E-state index >= 15 is 0 Å². The summed E-state index contributed by atoms with van der Waals surface area (Å²) in [5, 5.41) is 12.9. The molecule has 282 valence electrons. The zero-order valence-electron chi connectivity index (χ0n) is 30.1. The second kappa shape index (κ2) is 16.7. The van der Waals surface area contributed by atoms with E-state index in [0.29, 0.717) is 42.0 Å². The zero-order valence-corrected chi connectivity index (χ0v) is 30.9. The molecule has 1 aliphatic carbocycles. The number of carbonyl (C=O) groups is 1. The molecule has 0 unspecified atom stereocenters. The molecule has 10 nitrogen and oxygen atoms in total. The minimum atomic E-state index is -4.76. The number of rotatable bonds is 14. The van der Waals surface area contributed by atoms with Gasteiger partial charge in [-0.1, -0.05) is 54.1 Å². The number of fused-ring (bicyclic) bond motifs is 1. The molecule has 0 spiro atoms. The van der Waals surface area contributed by atoms with Crippen molar-refractivity contribution in [1.29, 1.82) is 0 Å². The van der Waals surface area contributed by atoms with Crippen LogP contribution in [0.5, 0.6) is 17.6 Å². The van der Waals surface area contributed by atoms with Crippen LogP contribution < -0.4 is 35.5 Å². The van der Waals surface area contributed by atoms with Crippen LogP contribution in [0.2, 0.25) is 5.02 Å². The van der Waals surface area contributed by atoms with Gasteiger partial charge < -0.3 is 35.5 Å². The van der Waals surface area contributed by atoms with Gasteiger partial charge in [0, 0.05) is 55.0 Å². The Morgan fingerprint density at radius 1 is 0.962 bits per heavy atom. The van der Waals surface area contributed by atoms with Crippen LogP contribution in [0.4, 0.5) is 13.2 Å². The van der Waals surface area contributed by atoms with Crippen LogP contribution in [0.15, 0.2) is 54.6 Å². The van der Waals surface area contributed by atoms with Gasteiger partial charge in [0.1, 0.15) is 11.7 Å². The summed E-state index contributed by atoms with van der Waals surface area (Å²) in [6.07, 6.45) is -2.11. The molecule has 4 aromatic rings. The number of methoxy groups -OCH3 is 2. The molecule has 3 heterocycles. The van der Waals surface area contributed by atoms with Crippen molar-refractivity contribution < 1.29 is 32.2 Å². The number of carbonyl (C=O) groups excluding carboxylic acids is 1. The zero-order chi connectivity index (χ0) is 37.7. The quantitative estimate of drug-likeness (QED) is 0.113. The maximum atomic E-state index is 14.4. The summed E-state index contributed by atoms with van der Waals surface area (Å²) in [6, 6.07) is 16.1. The number of aromatic nitrogens is 2. The van der Waals surface area contributed by atoms with Crippen molar-refractivity contribution in [3.63, 3.8) is 0 Å². The second-order valence-electron chi connectivity index (χ2n) is 13.2. The number of likely N-dealkylation sites (N-methyl/N-ethyl adjacent to an activating group) is 1. The third kappa shape index (κ3) is 8.54. The van der Waals surface area contributed by atoms with Crippen molar-refractivity contribution in [2.75, 3.05) is 34.4 Å². The monoisotopic (exact) mass is 752 g/mol.